The van der Waals surface area contributed by atoms with E-state index in [1.165, 1.54) is 0 Å². The maximum atomic E-state index is 10.2. The second-order valence-corrected chi connectivity index (χ2v) is 9.61. The Morgan fingerprint density at radius 2 is 1.92 bits per heavy atom. The number of rotatable bonds is 3. The lowest BCUT2D eigenvalue weighted by Gasteiger charge is -2.35. The zero-order valence-electron chi connectivity index (χ0n) is 8.68. The fourth-order valence-electron chi connectivity index (χ4n) is 0.892. The Balaban J connectivity index is 4.96. The summed E-state index contributed by atoms with van der Waals surface area (Å²) in [6.07, 6.45) is 1.64. The first-order valence-electron chi connectivity index (χ1n) is 4.09. The van der Waals surface area contributed by atoms with Crippen LogP contribution in [0.15, 0.2) is 17.6 Å². The molecule has 70 valence electrons. The Hall–Kier alpha value is -0.413. The highest BCUT2D eigenvalue weighted by atomic mass is 28.3. The predicted molar refractivity (Wildman–Crippen MR) is 57.5 cm³/mol. The summed E-state index contributed by atoms with van der Waals surface area (Å²) in [6, 6.07) is 0. The van der Waals surface area contributed by atoms with E-state index in [1.807, 2.05) is 6.92 Å². The summed E-state index contributed by atoms with van der Waals surface area (Å²) in [7, 11) is 0.0498. The second-order valence-electron chi connectivity index (χ2n) is 4.14. The molecule has 1 N–H and O–H groups in total. The van der Waals surface area contributed by atoms with Crippen molar-refractivity contribution in [2.75, 3.05) is 7.05 Å². The van der Waals surface area contributed by atoms with Crippen molar-refractivity contribution in [1.29, 1.82) is 0 Å². The number of aliphatic hydroxyl groups is 1. The fraction of sp³-hybridized carbons (Fsp3) is 0.667. The molecule has 0 aromatic rings. The lowest BCUT2D eigenvalue weighted by molar-refractivity contribution is 0.207. The van der Waals surface area contributed by atoms with E-state index in [2.05, 4.69) is 31.2 Å². The van der Waals surface area contributed by atoms with Gasteiger partial charge in [-0.1, -0.05) is 26.2 Å². The molecule has 0 spiro atoms. The van der Waals surface area contributed by atoms with Gasteiger partial charge in [-0.15, -0.1) is 0 Å². The van der Waals surface area contributed by atoms with Gasteiger partial charge < -0.3 is 5.11 Å². The number of nitrogens with zero attached hydrogens (tertiary/aromatic N) is 1. The van der Waals surface area contributed by atoms with E-state index in [4.69, 9.17) is 0 Å². The third-order valence-corrected chi connectivity index (χ3v) is 5.57. The van der Waals surface area contributed by atoms with Crippen LogP contribution in [-0.4, -0.2) is 31.2 Å². The van der Waals surface area contributed by atoms with E-state index >= 15 is 0 Å². The molecular formula is C9H19NOSi. The van der Waals surface area contributed by atoms with Gasteiger partial charge in [-0.3, -0.25) is 4.99 Å². The second kappa shape index (κ2) is 3.54. The molecule has 0 aliphatic heterocycles. The minimum atomic E-state index is -1.64. The van der Waals surface area contributed by atoms with Gasteiger partial charge in [0.2, 0.25) is 0 Å². The summed E-state index contributed by atoms with van der Waals surface area (Å²) in [5, 5.41) is 9.40. The highest BCUT2D eigenvalue weighted by Crippen LogP contribution is 2.22. The van der Waals surface area contributed by atoms with Gasteiger partial charge in [0.1, 0.15) is 0 Å². The lowest BCUT2D eigenvalue weighted by Crippen LogP contribution is -2.55. The van der Waals surface area contributed by atoms with Gasteiger partial charge in [0.05, 0.1) is 19.0 Å². The van der Waals surface area contributed by atoms with Crippen LogP contribution in [0, 0.1) is 0 Å². The van der Waals surface area contributed by atoms with Crippen LogP contribution in [0.4, 0.5) is 0 Å². The lowest BCUT2D eigenvalue weighted by atomic mass is 10.2. The van der Waals surface area contributed by atoms with E-state index in [0.717, 1.165) is 0 Å². The molecule has 0 heterocycles. The van der Waals surface area contributed by atoms with E-state index in [0.29, 0.717) is 5.71 Å². The van der Waals surface area contributed by atoms with Crippen LogP contribution >= 0.6 is 0 Å². The van der Waals surface area contributed by atoms with Crippen LogP contribution in [0.5, 0.6) is 0 Å². The zero-order valence-corrected chi connectivity index (χ0v) is 9.68. The van der Waals surface area contributed by atoms with Crippen LogP contribution in [-0.2, 0) is 0 Å². The number of aliphatic imine (C=N–C) groups is 1. The molecule has 0 rings (SSSR count). The van der Waals surface area contributed by atoms with E-state index in [-0.39, 0.29) is 0 Å². The van der Waals surface area contributed by atoms with Crippen LogP contribution < -0.4 is 0 Å². The molecule has 0 aliphatic rings. The Bertz CT molecular complexity index is 201. The predicted octanol–water partition coefficient (Wildman–Crippen LogP) is 1.87. The third-order valence-electron chi connectivity index (χ3n) is 2.39. The fourth-order valence-corrected chi connectivity index (χ4v) is 1.87. The summed E-state index contributed by atoms with van der Waals surface area (Å²) >= 11 is 0. The van der Waals surface area contributed by atoms with Gasteiger partial charge in [0.25, 0.3) is 0 Å². The van der Waals surface area contributed by atoms with Crippen molar-refractivity contribution in [2.45, 2.75) is 31.8 Å². The molecule has 0 saturated heterocycles. The molecule has 0 fully saturated rings. The molecule has 1 unspecified atom stereocenters. The molecule has 12 heavy (non-hydrogen) atoms. The van der Waals surface area contributed by atoms with Crippen LogP contribution in [0.25, 0.3) is 0 Å². The standard InChI is InChI=1S/C9H19NOSi/c1-7-8(10-3)9(2,11)12(4,5)6/h7,11H,1H2,2-6H3. The normalized spacial score (nSPS) is 18.7. The molecule has 2 nitrogen and oxygen atoms in total. The van der Waals surface area contributed by atoms with Crippen molar-refractivity contribution in [1.82, 2.24) is 0 Å². The Kier molecular flexibility index (Phi) is 3.41. The molecule has 0 saturated carbocycles. The quantitative estimate of drug-likeness (QED) is 0.528. The van der Waals surface area contributed by atoms with Crippen molar-refractivity contribution in [3.63, 3.8) is 0 Å². The smallest absolute Gasteiger partial charge is 0.0918 e. The molecule has 0 aromatic carbocycles. The van der Waals surface area contributed by atoms with Crippen molar-refractivity contribution < 1.29 is 5.11 Å². The van der Waals surface area contributed by atoms with Gasteiger partial charge in [-0.25, -0.2) is 0 Å². The highest BCUT2D eigenvalue weighted by Gasteiger charge is 2.40. The molecule has 0 radical (unpaired) electrons. The number of hydrogen-bond acceptors (Lipinski definition) is 2. The Morgan fingerprint density at radius 1 is 1.50 bits per heavy atom. The van der Waals surface area contributed by atoms with Crippen molar-refractivity contribution in [2.24, 2.45) is 4.99 Å². The van der Waals surface area contributed by atoms with Gasteiger partial charge >= 0.3 is 0 Å². The first kappa shape index (κ1) is 11.6. The topological polar surface area (TPSA) is 32.6 Å². The summed E-state index contributed by atoms with van der Waals surface area (Å²) in [4.78, 5) is 4.03. The van der Waals surface area contributed by atoms with Gasteiger partial charge in [-0.05, 0) is 13.0 Å². The van der Waals surface area contributed by atoms with Crippen molar-refractivity contribution in [3.8, 4) is 0 Å². The van der Waals surface area contributed by atoms with Gasteiger partial charge in [0, 0.05) is 7.05 Å². The summed E-state index contributed by atoms with van der Waals surface area (Å²) in [5.41, 5.74) is 0.696. The summed E-state index contributed by atoms with van der Waals surface area (Å²) in [5.74, 6) is 0. The van der Waals surface area contributed by atoms with E-state index in [9.17, 15) is 5.11 Å². The summed E-state index contributed by atoms with van der Waals surface area (Å²) < 4.78 is 0. The molecule has 0 amide bonds. The maximum Gasteiger partial charge on any atom is 0.0918 e. The third kappa shape index (κ3) is 2.05. The molecular weight excluding hydrogens is 166 g/mol. The molecule has 3 heteroatoms. The SMILES string of the molecule is C=CC(=NC)C(C)(O)[Si](C)(C)C. The molecule has 0 aliphatic carbocycles. The van der Waals surface area contributed by atoms with Crippen molar-refractivity contribution >= 4 is 13.8 Å². The summed E-state index contributed by atoms with van der Waals surface area (Å²) in [6.45, 7) is 11.8. The van der Waals surface area contributed by atoms with E-state index in [1.54, 1.807) is 13.1 Å². The average molecular weight is 185 g/mol. The average Bonchev–Trinajstić information content (AvgIpc) is 1.87. The minimum absolute atomic E-state index is 0.696. The van der Waals surface area contributed by atoms with Crippen LogP contribution in [0.3, 0.4) is 0 Å². The van der Waals surface area contributed by atoms with Crippen LogP contribution in [0.1, 0.15) is 6.92 Å². The molecule has 0 bridgehead atoms. The monoisotopic (exact) mass is 185 g/mol. The highest BCUT2D eigenvalue weighted by molar-refractivity contribution is 6.82. The van der Waals surface area contributed by atoms with Crippen molar-refractivity contribution in [3.05, 3.63) is 12.7 Å². The first-order valence-corrected chi connectivity index (χ1v) is 7.59. The Morgan fingerprint density at radius 3 is 2.00 bits per heavy atom. The zero-order chi connectivity index (χ0) is 9.99. The molecule has 1 atom stereocenters. The Labute approximate surface area is 76.0 Å². The first-order chi connectivity index (χ1) is 5.27. The minimum Gasteiger partial charge on any atom is -0.388 e. The van der Waals surface area contributed by atoms with E-state index < -0.39 is 13.3 Å². The largest absolute Gasteiger partial charge is 0.388 e. The molecule has 0 aromatic heterocycles. The van der Waals surface area contributed by atoms with Gasteiger partial charge in [-0.2, -0.15) is 0 Å². The van der Waals surface area contributed by atoms with Gasteiger partial charge in [0.15, 0.2) is 0 Å². The van der Waals surface area contributed by atoms with Crippen LogP contribution in [0.2, 0.25) is 19.6 Å². The number of hydrogen-bond donors (Lipinski definition) is 1. The maximum absolute atomic E-state index is 10.2.